The summed E-state index contributed by atoms with van der Waals surface area (Å²) in [6.07, 6.45) is -2.95. The van der Waals surface area contributed by atoms with Gasteiger partial charge in [-0.3, -0.25) is 4.79 Å². The molecule has 2 aromatic rings. The third-order valence-electron chi connectivity index (χ3n) is 4.78. The number of sulfone groups is 1. The summed E-state index contributed by atoms with van der Waals surface area (Å²) in [5, 5.41) is 0.647. The maximum atomic E-state index is 14.0. The summed E-state index contributed by atoms with van der Waals surface area (Å²) >= 11 is 18.4. The maximum absolute atomic E-state index is 14.0. The van der Waals surface area contributed by atoms with Crippen LogP contribution >= 0.6 is 34.8 Å². The minimum atomic E-state index is -4.28. The number of Topliss-reactive ketones (excluding diaryl/α,β-unsaturated/α-hetero) is 1. The molecule has 0 amide bonds. The van der Waals surface area contributed by atoms with Crippen molar-refractivity contribution in [3.8, 4) is 11.5 Å². The van der Waals surface area contributed by atoms with Gasteiger partial charge in [-0.1, -0.05) is 49.2 Å². The maximum Gasteiger partial charge on any atom is 0.462 e. The lowest BCUT2D eigenvalue weighted by Crippen LogP contribution is -2.39. The first-order valence-corrected chi connectivity index (χ1v) is 13.1. The molecule has 0 atom stereocenters. The van der Waals surface area contributed by atoms with Crippen molar-refractivity contribution in [2.45, 2.75) is 31.8 Å². The van der Waals surface area contributed by atoms with E-state index in [4.69, 9.17) is 39.5 Å². The van der Waals surface area contributed by atoms with Crippen molar-refractivity contribution in [3.63, 3.8) is 0 Å². The van der Waals surface area contributed by atoms with E-state index >= 15 is 0 Å². The van der Waals surface area contributed by atoms with Crippen LogP contribution in [0.3, 0.4) is 0 Å². The fraction of sp³-hybridized carbons (Fsp3) is 0.409. The van der Waals surface area contributed by atoms with Crippen molar-refractivity contribution in [2.75, 3.05) is 24.5 Å². The number of carbonyl (C=O) groups is 1. The minimum Gasteiger partial charge on any atom is -0.490 e. The summed E-state index contributed by atoms with van der Waals surface area (Å²) in [6, 6.07) is 9.08. The standard InChI is InChI=1S/C22H23Cl3F2O5S/c1-21(2,15-11-17(24)20(18(25)12-15)31-10-4-9-23)14-5-7-16(8-6-14)32-22(26,27)19(28)13-33(3,29)30/h5-8,11-12H,4,9-10,13H2,1-3H3. The number of benzene rings is 2. The molecule has 0 bridgehead atoms. The Bertz CT molecular complexity index is 1080. The zero-order valence-corrected chi connectivity index (χ0v) is 21.2. The molecule has 182 valence electrons. The number of hydrogen-bond donors (Lipinski definition) is 0. The molecule has 0 spiro atoms. The largest absolute Gasteiger partial charge is 0.490 e. The van der Waals surface area contributed by atoms with Gasteiger partial charge in [-0.25, -0.2) is 8.42 Å². The van der Waals surface area contributed by atoms with Crippen LogP contribution in [0.4, 0.5) is 8.78 Å². The predicted molar refractivity (Wildman–Crippen MR) is 126 cm³/mol. The molecule has 2 rings (SSSR count). The Hall–Kier alpha value is -1.61. The van der Waals surface area contributed by atoms with Gasteiger partial charge in [0.25, 0.3) is 5.78 Å². The van der Waals surface area contributed by atoms with Crippen molar-refractivity contribution in [1.82, 2.24) is 0 Å². The second kappa shape index (κ2) is 10.8. The van der Waals surface area contributed by atoms with E-state index in [2.05, 4.69) is 4.74 Å². The fourth-order valence-electron chi connectivity index (χ4n) is 2.92. The molecule has 0 aliphatic rings. The normalized spacial score (nSPS) is 12.5. The summed E-state index contributed by atoms with van der Waals surface area (Å²) in [5.41, 5.74) is 0.850. The van der Waals surface area contributed by atoms with Crippen LogP contribution in [0, 0.1) is 0 Å². The zero-order valence-electron chi connectivity index (χ0n) is 18.1. The molecule has 5 nitrogen and oxygen atoms in total. The highest BCUT2D eigenvalue weighted by Gasteiger charge is 2.43. The average Bonchev–Trinajstić information content (AvgIpc) is 2.68. The molecule has 2 aromatic carbocycles. The van der Waals surface area contributed by atoms with Gasteiger partial charge < -0.3 is 9.47 Å². The van der Waals surface area contributed by atoms with Gasteiger partial charge in [0.1, 0.15) is 11.5 Å². The summed E-state index contributed by atoms with van der Waals surface area (Å²) < 4.78 is 60.3. The molecule has 11 heteroatoms. The molecule has 0 aromatic heterocycles. The molecule has 0 saturated heterocycles. The SMILES string of the molecule is CC(C)(c1ccc(OC(F)(F)C(=O)CS(C)(=O)=O)cc1)c1cc(Cl)c(OCCCCl)c(Cl)c1. The predicted octanol–water partition coefficient (Wildman–Crippen LogP) is 5.91. The molecule has 0 unspecified atom stereocenters. The van der Waals surface area contributed by atoms with Gasteiger partial charge in [-0.2, -0.15) is 8.78 Å². The Balaban J connectivity index is 2.23. The molecule has 0 radical (unpaired) electrons. The van der Waals surface area contributed by atoms with Gasteiger partial charge >= 0.3 is 6.11 Å². The fourth-order valence-corrected chi connectivity index (χ4v) is 4.27. The van der Waals surface area contributed by atoms with Gasteiger partial charge in [-0.15, -0.1) is 11.6 Å². The average molecular weight is 544 g/mol. The van der Waals surface area contributed by atoms with Crippen LogP contribution in [0.15, 0.2) is 36.4 Å². The Morgan fingerprint density at radius 1 is 1.03 bits per heavy atom. The number of alkyl halides is 3. The van der Waals surface area contributed by atoms with Crippen LogP contribution in [0.25, 0.3) is 0 Å². The molecule has 0 fully saturated rings. The molecule has 0 aliphatic heterocycles. The highest BCUT2D eigenvalue weighted by Crippen LogP contribution is 2.41. The lowest BCUT2D eigenvalue weighted by atomic mass is 9.78. The molecule has 0 aliphatic carbocycles. The van der Waals surface area contributed by atoms with E-state index in [1.54, 1.807) is 24.3 Å². The van der Waals surface area contributed by atoms with E-state index in [1.807, 2.05) is 13.8 Å². The lowest BCUT2D eigenvalue weighted by Gasteiger charge is -2.27. The number of hydrogen-bond acceptors (Lipinski definition) is 5. The summed E-state index contributed by atoms with van der Waals surface area (Å²) in [4.78, 5) is 11.6. The van der Waals surface area contributed by atoms with Crippen LogP contribution in [0.2, 0.25) is 10.0 Å². The zero-order chi connectivity index (χ0) is 25.0. The van der Waals surface area contributed by atoms with Crippen molar-refractivity contribution >= 4 is 50.4 Å². The molecule has 33 heavy (non-hydrogen) atoms. The van der Waals surface area contributed by atoms with Crippen molar-refractivity contribution in [3.05, 3.63) is 57.6 Å². The first kappa shape index (κ1) is 27.6. The van der Waals surface area contributed by atoms with Gasteiger partial charge in [0, 0.05) is 17.6 Å². The molecule has 0 N–H and O–H groups in total. The van der Waals surface area contributed by atoms with Crippen LogP contribution < -0.4 is 9.47 Å². The summed E-state index contributed by atoms with van der Waals surface area (Å²) in [6.45, 7) is 4.15. The van der Waals surface area contributed by atoms with Gasteiger partial charge in [0.05, 0.1) is 16.7 Å². The second-order valence-electron chi connectivity index (χ2n) is 7.92. The Kier molecular flexibility index (Phi) is 9.01. The Morgan fingerprint density at radius 3 is 2.06 bits per heavy atom. The monoisotopic (exact) mass is 542 g/mol. The van der Waals surface area contributed by atoms with Crippen molar-refractivity contribution < 1.29 is 31.5 Å². The lowest BCUT2D eigenvalue weighted by molar-refractivity contribution is -0.187. The van der Waals surface area contributed by atoms with Gasteiger partial charge in [0.2, 0.25) is 0 Å². The number of carbonyl (C=O) groups excluding carboxylic acids is 1. The second-order valence-corrected chi connectivity index (χ2v) is 11.3. The first-order valence-electron chi connectivity index (χ1n) is 9.74. The van der Waals surface area contributed by atoms with E-state index in [0.29, 0.717) is 41.0 Å². The number of halogens is 5. The van der Waals surface area contributed by atoms with Crippen molar-refractivity contribution in [1.29, 1.82) is 0 Å². The minimum absolute atomic E-state index is 0.291. The molecule has 0 saturated carbocycles. The van der Waals surface area contributed by atoms with Crippen LogP contribution in [-0.2, 0) is 20.0 Å². The third-order valence-corrected chi connectivity index (χ3v) is 6.40. The number of ketones is 1. The summed E-state index contributed by atoms with van der Waals surface area (Å²) in [7, 11) is -3.92. The highest BCUT2D eigenvalue weighted by molar-refractivity contribution is 7.91. The highest BCUT2D eigenvalue weighted by atomic mass is 35.5. The summed E-state index contributed by atoms with van der Waals surface area (Å²) in [5.74, 6) is -2.66. The van der Waals surface area contributed by atoms with E-state index in [9.17, 15) is 22.0 Å². The third kappa shape index (κ3) is 7.44. The van der Waals surface area contributed by atoms with Gasteiger partial charge in [0.15, 0.2) is 15.6 Å². The topological polar surface area (TPSA) is 69.7 Å². The molecular formula is C22H23Cl3F2O5S. The van der Waals surface area contributed by atoms with Crippen LogP contribution in [0.1, 0.15) is 31.4 Å². The van der Waals surface area contributed by atoms with E-state index < -0.39 is 32.9 Å². The molecule has 0 heterocycles. The van der Waals surface area contributed by atoms with Gasteiger partial charge in [-0.05, 0) is 41.8 Å². The van der Waals surface area contributed by atoms with Crippen LogP contribution in [-0.4, -0.2) is 44.8 Å². The van der Waals surface area contributed by atoms with Crippen LogP contribution in [0.5, 0.6) is 11.5 Å². The van der Waals surface area contributed by atoms with E-state index in [-0.39, 0.29) is 5.75 Å². The van der Waals surface area contributed by atoms with E-state index in [1.165, 1.54) is 12.1 Å². The van der Waals surface area contributed by atoms with Crippen molar-refractivity contribution in [2.24, 2.45) is 0 Å². The quantitative estimate of drug-likeness (QED) is 0.260. The number of rotatable bonds is 11. The Labute approximate surface area is 206 Å². The smallest absolute Gasteiger partial charge is 0.462 e. The van der Waals surface area contributed by atoms with E-state index in [0.717, 1.165) is 11.1 Å². The Morgan fingerprint density at radius 2 is 1.58 bits per heavy atom. The first-order chi connectivity index (χ1) is 15.2. The molecular weight excluding hydrogens is 521 g/mol. The number of ether oxygens (including phenoxy) is 2.